The van der Waals surface area contributed by atoms with Crippen LogP contribution in [0.3, 0.4) is 0 Å². The molecular formula is C18H23N5O2. The minimum atomic E-state index is 0.163. The molecule has 2 aliphatic rings. The lowest BCUT2D eigenvalue weighted by atomic mass is 9.95. The van der Waals surface area contributed by atoms with Crippen LogP contribution in [0.2, 0.25) is 0 Å². The largest absolute Gasteiger partial charge is 0.357 e. The highest BCUT2D eigenvalue weighted by atomic mass is 16.5. The lowest BCUT2D eigenvalue weighted by molar-refractivity contribution is -0.135. The molecule has 0 aliphatic carbocycles. The van der Waals surface area contributed by atoms with Crippen molar-refractivity contribution in [1.29, 1.82) is 0 Å². The Morgan fingerprint density at radius 2 is 1.96 bits per heavy atom. The van der Waals surface area contributed by atoms with Gasteiger partial charge in [0.1, 0.15) is 5.82 Å². The lowest BCUT2D eigenvalue weighted by Crippen LogP contribution is -2.41. The number of carbonyl (C=O) groups is 1. The van der Waals surface area contributed by atoms with Gasteiger partial charge in [-0.25, -0.2) is 4.98 Å². The fraction of sp³-hybridized carbons (Fsp3) is 0.556. The number of amides is 1. The molecule has 0 bridgehead atoms. The Bertz CT molecular complexity index is 745. The molecule has 25 heavy (non-hydrogen) atoms. The fourth-order valence-electron chi connectivity index (χ4n) is 3.69. The molecule has 2 aliphatic heterocycles. The van der Waals surface area contributed by atoms with Crippen LogP contribution in [0.15, 0.2) is 22.9 Å². The van der Waals surface area contributed by atoms with E-state index in [1.165, 1.54) is 0 Å². The maximum atomic E-state index is 12.5. The summed E-state index contributed by atoms with van der Waals surface area (Å²) in [6.45, 7) is 5.38. The molecule has 1 amide bonds. The van der Waals surface area contributed by atoms with E-state index in [0.29, 0.717) is 17.6 Å². The third-order valence-corrected chi connectivity index (χ3v) is 5.11. The van der Waals surface area contributed by atoms with Crippen molar-refractivity contribution in [2.75, 3.05) is 31.1 Å². The lowest BCUT2D eigenvalue weighted by Gasteiger charge is -2.33. The highest BCUT2D eigenvalue weighted by Crippen LogP contribution is 2.27. The molecule has 2 aromatic rings. The number of hydrogen-bond acceptors (Lipinski definition) is 6. The zero-order chi connectivity index (χ0) is 17.2. The second kappa shape index (κ2) is 6.82. The van der Waals surface area contributed by atoms with Crippen molar-refractivity contribution in [3.63, 3.8) is 0 Å². The van der Waals surface area contributed by atoms with Crippen LogP contribution in [0.1, 0.15) is 31.5 Å². The first-order valence-corrected chi connectivity index (χ1v) is 9.01. The summed E-state index contributed by atoms with van der Waals surface area (Å²) in [7, 11) is 0. The van der Waals surface area contributed by atoms with Gasteiger partial charge in [-0.1, -0.05) is 5.16 Å². The highest BCUT2D eigenvalue weighted by molar-refractivity contribution is 5.79. The van der Waals surface area contributed by atoms with Gasteiger partial charge in [-0.15, -0.1) is 0 Å². The maximum Gasteiger partial charge on any atom is 0.258 e. The molecule has 2 aromatic heterocycles. The van der Waals surface area contributed by atoms with Gasteiger partial charge in [-0.3, -0.25) is 4.79 Å². The van der Waals surface area contributed by atoms with E-state index in [4.69, 9.17) is 4.52 Å². The topological polar surface area (TPSA) is 75.4 Å². The van der Waals surface area contributed by atoms with E-state index in [1.807, 2.05) is 17.0 Å². The second-order valence-electron chi connectivity index (χ2n) is 6.84. The van der Waals surface area contributed by atoms with Crippen LogP contribution >= 0.6 is 0 Å². The van der Waals surface area contributed by atoms with Crippen molar-refractivity contribution < 1.29 is 9.32 Å². The van der Waals surface area contributed by atoms with E-state index in [2.05, 4.69) is 20.0 Å². The zero-order valence-corrected chi connectivity index (χ0v) is 14.5. The molecule has 0 radical (unpaired) electrons. The average Bonchev–Trinajstić information content (AvgIpc) is 3.33. The van der Waals surface area contributed by atoms with Crippen LogP contribution in [0.4, 0.5) is 5.82 Å². The van der Waals surface area contributed by atoms with E-state index < -0.39 is 0 Å². The van der Waals surface area contributed by atoms with Crippen LogP contribution < -0.4 is 4.90 Å². The summed E-state index contributed by atoms with van der Waals surface area (Å²) in [5, 5.41) is 3.84. The number of rotatable bonds is 3. The van der Waals surface area contributed by atoms with Gasteiger partial charge in [0.15, 0.2) is 5.82 Å². The number of carbonyl (C=O) groups excluding carboxylic acids is 1. The second-order valence-corrected chi connectivity index (χ2v) is 6.84. The van der Waals surface area contributed by atoms with E-state index in [-0.39, 0.29) is 5.92 Å². The summed E-state index contributed by atoms with van der Waals surface area (Å²) in [4.78, 5) is 25.6. The normalized spacial score (nSPS) is 18.8. The van der Waals surface area contributed by atoms with Gasteiger partial charge in [0, 0.05) is 43.9 Å². The van der Waals surface area contributed by atoms with Crippen molar-refractivity contribution in [3.05, 3.63) is 24.2 Å². The van der Waals surface area contributed by atoms with E-state index in [0.717, 1.165) is 63.2 Å². The molecule has 7 nitrogen and oxygen atoms in total. The first-order valence-electron chi connectivity index (χ1n) is 9.01. The molecule has 2 fully saturated rings. The Labute approximate surface area is 147 Å². The molecule has 132 valence electrons. The Hall–Kier alpha value is -2.44. The molecule has 0 N–H and O–H groups in total. The van der Waals surface area contributed by atoms with E-state index >= 15 is 0 Å². The number of aromatic nitrogens is 3. The number of nitrogens with zero attached hydrogens (tertiary/aromatic N) is 5. The number of pyridine rings is 1. The number of hydrogen-bond donors (Lipinski definition) is 0. The summed E-state index contributed by atoms with van der Waals surface area (Å²) < 4.78 is 5.24. The zero-order valence-electron chi connectivity index (χ0n) is 14.5. The van der Waals surface area contributed by atoms with Gasteiger partial charge >= 0.3 is 0 Å². The first kappa shape index (κ1) is 16.1. The molecule has 7 heteroatoms. The Kier molecular flexibility index (Phi) is 4.38. The van der Waals surface area contributed by atoms with Crippen LogP contribution in [-0.2, 0) is 4.79 Å². The SMILES string of the molecule is Cc1noc(-c2ccnc(N3CCC(C(=O)N4CCCC4)CC3)c2)n1. The molecule has 0 spiro atoms. The summed E-state index contributed by atoms with van der Waals surface area (Å²) >= 11 is 0. The highest BCUT2D eigenvalue weighted by Gasteiger charge is 2.30. The molecule has 4 heterocycles. The Morgan fingerprint density at radius 1 is 1.20 bits per heavy atom. The quantitative estimate of drug-likeness (QED) is 0.852. The summed E-state index contributed by atoms with van der Waals surface area (Å²) in [5.41, 5.74) is 0.876. The van der Waals surface area contributed by atoms with Crippen molar-refractivity contribution in [1.82, 2.24) is 20.0 Å². The van der Waals surface area contributed by atoms with Crippen LogP contribution in [0, 0.1) is 12.8 Å². The average molecular weight is 341 g/mol. The van der Waals surface area contributed by atoms with Crippen LogP contribution in [0.25, 0.3) is 11.5 Å². The number of anilines is 1. The molecular weight excluding hydrogens is 318 g/mol. The standard InChI is InChI=1S/C18H23N5O2/c1-13-20-17(25-21-13)15-4-7-19-16(12-15)22-10-5-14(6-11-22)18(24)23-8-2-3-9-23/h4,7,12,14H,2-3,5-6,8-11H2,1H3. The van der Waals surface area contributed by atoms with Gasteiger partial charge in [0.25, 0.3) is 5.89 Å². The predicted molar refractivity (Wildman–Crippen MR) is 93.0 cm³/mol. The monoisotopic (exact) mass is 341 g/mol. The Balaban J connectivity index is 1.41. The minimum Gasteiger partial charge on any atom is -0.357 e. The summed E-state index contributed by atoms with van der Waals surface area (Å²) in [6, 6.07) is 3.86. The molecule has 0 aromatic carbocycles. The first-order chi connectivity index (χ1) is 12.2. The van der Waals surface area contributed by atoms with Gasteiger partial charge in [-0.05, 0) is 44.7 Å². The van der Waals surface area contributed by atoms with Crippen molar-refractivity contribution in [3.8, 4) is 11.5 Å². The number of likely N-dealkylation sites (tertiary alicyclic amines) is 1. The smallest absolute Gasteiger partial charge is 0.258 e. The van der Waals surface area contributed by atoms with Gasteiger partial charge in [0.05, 0.1) is 0 Å². The van der Waals surface area contributed by atoms with Crippen LogP contribution in [-0.4, -0.2) is 52.1 Å². The van der Waals surface area contributed by atoms with Gasteiger partial charge < -0.3 is 14.3 Å². The summed E-state index contributed by atoms with van der Waals surface area (Å²) in [6.07, 6.45) is 5.85. The maximum absolute atomic E-state index is 12.5. The van der Waals surface area contributed by atoms with Gasteiger partial charge in [-0.2, -0.15) is 4.98 Å². The molecule has 0 saturated carbocycles. The van der Waals surface area contributed by atoms with E-state index in [9.17, 15) is 4.79 Å². The number of aryl methyl sites for hydroxylation is 1. The Morgan fingerprint density at radius 3 is 2.64 bits per heavy atom. The molecule has 4 rings (SSSR count). The molecule has 0 unspecified atom stereocenters. The van der Waals surface area contributed by atoms with Crippen molar-refractivity contribution in [2.24, 2.45) is 5.92 Å². The third-order valence-electron chi connectivity index (χ3n) is 5.11. The molecule has 2 saturated heterocycles. The molecule has 0 atom stereocenters. The fourth-order valence-corrected chi connectivity index (χ4v) is 3.69. The van der Waals surface area contributed by atoms with E-state index in [1.54, 1.807) is 13.1 Å². The minimum absolute atomic E-state index is 0.163. The summed E-state index contributed by atoms with van der Waals surface area (Å²) in [5.74, 6) is 2.55. The van der Waals surface area contributed by atoms with Crippen molar-refractivity contribution in [2.45, 2.75) is 32.6 Å². The third kappa shape index (κ3) is 3.36. The van der Waals surface area contributed by atoms with Gasteiger partial charge in [0.2, 0.25) is 5.91 Å². The predicted octanol–water partition coefficient (Wildman–Crippen LogP) is 2.28. The number of piperidine rings is 1. The van der Waals surface area contributed by atoms with Crippen molar-refractivity contribution >= 4 is 11.7 Å². The van der Waals surface area contributed by atoms with Crippen LogP contribution in [0.5, 0.6) is 0 Å².